The van der Waals surface area contributed by atoms with Gasteiger partial charge in [0.15, 0.2) is 0 Å². The number of ether oxygens (including phenoxy) is 2. The number of rotatable bonds is 19. The Hall–Kier alpha value is -6.72. The van der Waals surface area contributed by atoms with Gasteiger partial charge < -0.3 is 18.3 Å². The Labute approximate surface area is 396 Å². The SMILES string of the molecule is CCCCC(CC)COc1ccc(-c2nnc(-c3ccc(C#Cc4ccc(-c5ccc(C#Cc6ccc(-c7nnc(-c8ccc(OCC(CC)CCCC)cc8)o7)cc6)s5)s4)cc3)o2)cc1. The first kappa shape index (κ1) is 45.8. The number of benzene rings is 4. The molecular formula is C56H54N4O4S2. The molecule has 66 heavy (non-hydrogen) atoms. The van der Waals surface area contributed by atoms with Crippen LogP contribution in [0.25, 0.3) is 55.6 Å². The first-order chi connectivity index (χ1) is 32.5. The van der Waals surface area contributed by atoms with Crippen molar-refractivity contribution in [3.63, 3.8) is 0 Å². The molecule has 8 aromatic rings. The number of nitrogens with zero attached hydrogens (tertiary/aromatic N) is 4. The summed E-state index contributed by atoms with van der Waals surface area (Å²) in [6.45, 7) is 10.4. The van der Waals surface area contributed by atoms with Gasteiger partial charge in [0.2, 0.25) is 23.6 Å². The molecule has 8 rings (SSSR count). The van der Waals surface area contributed by atoms with E-state index < -0.39 is 0 Å². The lowest BCUT2D eigenvalue weighted by Gasteiger charge is -2.15. The average Bonchev–Trinajstić information content (AvgIpc) is 4.22. The molecule has 0 aliphatic heterocycles. The summed E-state index contributed by atoms with van der Waals surface area (Å²) in [5.74, 6) is 18.0. The predicted octanol–water partition coefficient (Wildman–Crippen LogP) is 14.9. The van der Waals surface area contributed by atoms with Crippen molar-refractivity contribution in [3.8, 4) is 90.8 Å². The van der Waals surface area contributed by atoms with Crippen LogP contribution in [0.4, 0.5) is 0 Å². The summed E-state index contributed by atoms with van der Waals surface area (Å²) < 4.78 is 24.2. The minimum absolute atomic E-state index is 0.462. The molecule has 0 saturated heterocycles. The van der Waals surface area contributed by atoms with Gasteiger partial charge in [0, 0.05) is 43.1 Å². The number of aromatic nitrogens is 4. The van der Waals surface area contributed by atoms with Crippen LogP contribution in [-0.2, 0) is 0 Å². The highest BCUT2D eigenvalue weighted by Gasteiger charge is 2.14. The molecule has 4 aromatic heterocycles. The molecule has 0 N–H and O–H groups in total. The summed E-state index contributed by atoms with van der Waals surface area (Å²) in [6, 6.07) is 39.8. The van der Waals surface area contributed by atoms with E-state index in [9.17, 15) is 0 Å². The number of unbranched alkanes of at least 4 members (excludes halogenated alkanes) is 2. The number of hydrogen-bond acceptors (Lipinski definition) is 10. The van der Waals surface area contributed by atoms with Gasteiger partial charge in [-0.2, -0.15) is 0 Å². The van der Waals surface area contributed by atoms with Gasteiger partial charge in [-0.15, -0.1) is 43.1 Å². The van der Waals surface area contributed by atoms with E-state index in [1.807, 2.05) is 97.1 Å². The minimum Gasteiger partial charge on any atom is -0.493 e. The van der Waals surface area contributed by atoms with Crippen LogP contribution in [0, 0.1) is 35.5 Å². The molecular weight excluding hydrogens is 857 g/mol. The van der Waals surface area contributed by atoms with Crippen LogP contribution in [-0.4, -0.2) is 33.6 Å². The Kier molecular flexibility index (Phi) is 15.9. The van der Waals surface area contributed by atoms with Gasteiger partial charge in [-0.3, -0.25) is 0 Å². The van der Waals surface area contributed by atoms with Crippen LogP contribution in [0.15, 0.2) is 130 Å². The molecule has 0 amide bonds. The zero-order valence-corrected chi connectivity index (χ0v) is 39.6. The molecule has 0 radical (unpaired) electrons. The van der Waals surface area contributed by atoms with Crippen LogP contribution < -0.4 is 9.47 Å². The summed E-state index contributed by atoms with van der Waals surface area (Å²) in [6.07, 6.45) is 9.55. The van der Waals surface area contributed by atoms with Crippen molar-refractivity contribution in [1.29, 1.82) is 0 Å². The molecule has 0 aliphatic rings. The quantitative estimate of drug-likeness (QED) is 0.0740. The van der Waals surface area contributed by atoms with Crippen molar-refractivity contribution in [2.75, 3.05) is 13.2 Å². The largest absolute Gasteiger partial charge is 0.493 e. The Morgan fingerprint density at radius 1 is 0.439 bits per heavy atom. The van der Waals surface area contributed by atoms with E-state index in [0.717, 1.165) is 90.4 Å². The fourth-order valence-electron chi connectivity index (χ4n) is 7.26. The van der Waals surface area contributed by atoms with E-state index in [2.05, 4.69) is 96.0 Å². The fraction of sp³-hybridized carbons (Fsp3) is 0.286. The standard InChI is InChI=1S/C56H54N4O4S2/c1-5-9-11-39(7-3)37-61-47-27-23-45(24-28-47)55-59-57-53(63-55)43-19-13-41(14-20-43)17-31-49-33-35-51(65-49)52-36-34-50(66-52)32-18-42-15-21-44(22-16-42)54-58-60-56(64-54)46-25-29-48(30-26-46)62-38-40(8-4)12-10-6-2/h13-16,19-30,33-36,39-40H,5-12,37-38H2,1-4H3. The molecule has 0 saturated carbocycles. The van der Waals surface area contributed by atoms with Gasteiger partial charge in [-0.05, 0) is 146 Å². The second-order valence-corrected chi connectivity index (χ2v) is 18.5. The van der Waals surface area contributed by atoms with Crippen molar-refractivity contribution < 1.29 is 18.3 Å². The van der Waals surface area contributed by atoms with Crippen molar-refractivity contribution in [2.45, 2.75) is 79.1 Å². The van der Waals surface area contributed by atoms with Crippen LogP contribution in [0.1, 0.15) is 99.9 Å². The molecule has 2 unspecified atom stereocenters. The Morgan fingerprint density at radius 2 is 0.788 bits per heavy atom. The summed E-state index contributed by atoms with van der Waals surface area (Å²) in [7, 11) is 0. The van der Waals surface area contributed by atoms with Crippen molar-refractivity contribution in [2.24, 2.45) is 11.8 Å². The number of hydrogen-bond donors (Lipinski definition) is 0. The fourth-order valence-corrected chi connectivity index (χ4v) is 9.07. The Bertz CT molecular complexity index is 2690. The molecule has 4 aromatic carbocycles. The molecule has 0 aliphatic carbocycles. The van der Waals surface area contributed by atoms with E-state index in [0.29, 0.717) is 35.4 Å². The van der Waals surface area contributed by atoms with E-state index in [4.69, 9.17) is 18.3 Å². The third-order valence-corrected chi connectivity index (χ3v) is 13.7. The maximum Gasteiger partial charge on any atom is 0.248 e. The monoisotopic (exact) mass is 910 g/mol. The maximum absolute atomic E-state index is 6.07. The van der Waals surface area contributed by atoms with Crippen LogP contribution in [0.2, 0.25) is 0 Å². The lowest BCUT2D eigenvalue weighted by atomic mass is 10.0. The van der Waals surface area contributed by atoms with Crippen LogP contribution in [0.5, 0.6) is 11.5 Å². The third-order valence-electron chi connectivity index (χ3n) is 11.5. The van der Waals surface area contributed by atoms with E-state index in [-0.39, 0.29) is 0 Å². The van der Waals surface area contributed by atoms with Gasteiger partial charge in [0.1, 0.15) is 11.5 Å². The van der Waals surface area contributed by atoms with Gasteiger partial charge >= 0.3 is 0 Å². The van der Waals surface area contributed by atoms with E-state index in [1.54, 1.807) is 22.7 Å². The Balaban J connectivity index is 0.818. The Morgan fingerprint density at radius 3 is 1.12 bits per heavy atom. The highest BCUT2D eigenvalue weighted by molar-refractivity contribution is 7.22. The van der Waals surface area contributed by atoms with Gasteiger partial charge in [0.25, 0.3) is 0 Å². The highest BCUT2D eigenvalue weighted by atomic mass is 32.1. The molecule has 8 nitrogen and oxygen atoms in total. The smallest absolute Gasteiger partial charge is 0.248 e. The second-order valence-electron chi connectivity index (χ2n) is 16.3. The lowest BCUT2D eigenvalue weighted by molar-refractivity contribution is 0.233. The maximum atomic E-state index is 6.07. The van der Waals surface area contributed by atoms with Gasteiger partial charge in [-0.25, -0.2) is 0 Å². The predicted molar refractivity (Wildman–Crippen MR) is 268 cm³/mol. The normalized spacial score (nSPS) is 11.9. The molecule has 10 heteroatoms. The zero-order valence-electron chi connectivity index (χ0n) is 38.0. The lowest BCUT2D eigenvalue weighted by Crippen LogP contribution is -2.11. The van der Waals surface area contributed by atoms with E-state index >= 15 is 0 Å². The molecule has 2 atom stereocenters. The summed E-state index contributed by atoms with van der Waals surface area (Å²) in [5, 5.41) is 17.2. The van der Waals surface area contributed by atoms with Crippen molar-refractivity contribution in [3.05, 3.63) is 142 Å². The van der Waals surface area contributed by atoms with E-state index in [1.165, 1.54) is 38.5 Å². The van der Waals surface area contributed by atoms with Crippen LogP contribution >= 0.6 is 22.7 Å². The topological polar surface area (TPSA) is 96.3 Å². The minimum atomic E-state index is 0.462. The molecule has 0 spiro atoms. The zero-order chi connectivity index (χ0) is 45.5. The van der Waals surface area contributed by atoms with Crippen molar-refractivity contribution in [1.82, 2.24) is 20.4 Å². The first-order valence-corrected chi connectivity index (χ1v) is 24.7. The number of thiophene rings is 2. The van der Waals surface area contributed by atoms with Crippen molar-refractivity contribution >= 4 is 22.7 Å². The first-order valence-electron chi connectivity index (χ1n) is 23.0. The van der Waals surface area contributed by atoms with Gasteiger partial charge in [-0.1, -0.05) is 89.9 Å². The highest BCUT2D eigenvalue weighted by Crippen LogP contribution is 2.34. The second kappa shape index (κ2) is 22.9. The third kappa shape index (κ3) is 12.3. The average molecular weight is 911 g/mol. The molecule has 4 heterocycles. The molecule has 0 bridgehead atoms. The van der Waals surface area contributed by atoms with Gasteiger partial charge in [0.05, 0.1) is 23.0 Å². The summed E-state index contributed by atoms with van der Waals surface area (Å²) in [5.41, 5.74) is 5.18. The molecule has 0 fully saturated rings. The molecule has 334 valence electrons. The summed E-state index contributed by atoms with van der Waals surface area (Å²) >= 11 is 3.34. The summed E-state index contributed by atoms with van der Waals surface area (Å²) in [4.78, 5) is 4.30. The van der Waals surface area contributed by atoms with Crippen LogP contribution in [0.3, 0.4) is 0 Å².